The first-order valence-corrected chi connectivity index (χ1v) is 5.32. The molecule has 0 unspecified atom stereocenters. The lowest BCUT2D eigenvalue weighted by Crippen LogP contribution is -1.90. The highest BCUT2D eigenvalue weighted by atomic mass is 79.9. The van der Waals surface area contributed by atoms with Crippen molar-refractivity contribution in [3.63, 3.8) is 0 Å². The number of nitrogens with zero attached hydrogens (tertiary/aromatic N) is 2. The van der Waals surface area contributed by atoms with Crippen LogP contribution in [0.2, 0.25) is 0 Å². The minimum absolute atomic E-state index is 0.408. The highest BCUT2D eigenvalue weighted by molar-refractivity contribution is 9.10. The third-order valence-electron chi connectivity index (χ3n) is 2.15. The normalized spacial score (nSPS) is 11.4. The van der Waals surface area contributed by atoms with Crippen molar-refractivity contribution in [2.45, 2.75) is 19.8 Å². The molecule has 14 heavy (non-hydrogen) atoms. The molecule has 0 bridgehead atoms. The topological polar surface area (TPSA) is 43.3 Å². The first-order valence-electron chi connectivity index (χ1n) is 4.52. The molecule has 0 spiro atoms. The number of fused-ring (bicyclic) bond motifs is 1. The number of nitrogens with two attached hydrogens (primary N) is 1. The van der Waals surface area contributed by atoms with E-state index in [2.05, 4.69) is 34.8 Å². The summed E-state index contributed by atoms with van der Waals surface area (Å²) in [7, 11) is 0. The summed E-state index contributed by atoms with van der Waals surface area (Å²) in [6.45, 7) is 4.24. The van der Waals surface area contributed by atoms with Crippen molar-refractivity contribution in [1.82, 2.24) is 9.38 Å². The van der Waals surface area contributed by atoms with Gasteiger partial charge in [0.1, 0.15) is 10.3 Å². The van der Waals surface area contributed by atoms with Crippen LogP contribution in [-0.2, 0) is 0 Å². The standard InChI is InChI=1S/C10H12BrN3/c1-6(2)9-10(11)14-5-7(12)3-4-8(14)13-9/h3-6H,12H2,1-2H3. The summed E-state index contributed by atoms with van der Waals surface area (Å²) >= 11 is 3.53. The van der Waals surface area contributed by atoms with Crippen molar-refractivity contribution < 1.29 is 0 Å². The first kappa shape index (κ1) is 9.52. The molecule has 0 saturated carbocycles. The number of hydrogen-bond donors (Lipinski definition) is 1. The second kappa shape index (κ2) is 3.28. The Balaban J connectivity index is 2.74. The molecule has 4 heteroatoms. The van der Waals surface area contributed by atoms with Gasteiger partial charge in [-0.25, -0.2) is 4.98 Å². The SMILES string of the molecule is CC(C)c1nc2ccc(N)cn2c1Br. The van der Waals surface area contributed by atoms with Crippen LogP contribution in [0.3, 0.4) is 0 Å². The molecule has 2 aromatic rings. The zero-order chi connectivity index (χ0) is 10.3. The van der Waals surface area contributed by atoms with Crippen LogP contribution in [0.5, 0.6) is 0 Å². The first-order chi connectivity index (χ1) is 6.59. The van der Waals surface area contributed by atoms with E-state index in [0.29, 0.717) is 5.92 Å². The molecular weight excluding hydrogens is 242 g/mol. The second-order valence-corrected chi connectivity index (χ2v) is 4.38. The number of pyridine rings is 1. The molecule has 0 aliphatic heterocycles. The third-order valence-corrected chi connectivity index (χ3v) is 2.94. The average molecular weight is 254 g/mol. The summed E-state index contributed by atoms with van der Waals surface area (Å²) in [5.74, 6) is 0.408. The molecule has 3 nitrogen and oxygen atoms in total. The molecular formula is C10H12BrN3. The predicted molar refractivity (Wildman–Crippen MR) is 61.4 cm³/mol. The van der Waals surface area contributed by atoms with Gasteiger partial charge in [0.2, 0.25) is 0 Å². The van der Waals surface area contributed by atoms with Gasteiger partial charge in [0.25, 0.3) is 0 Å². The average Bonchev–Trinajstić information content (AvgIpc) is 2.44. The Bertz CT molecular complexity index is 473. The lowest BCUT2D eigenvalue weighted by atomic mass is 10.2. The maximum Gasteiger partial charge on any atom is 0.138 e. The van der Waals surface area contributed by atoms with E-state index in [1.54, 1.807) is 0 Å². The van der Waals surface area contributed by atoms with Crippen LogP contribution in [0, 0.1) is 0 Å². The Morgan fingerprint density at radius 3 is 2.79 bits per heavy atom. The summed E-state index contributed by atoms with van der Waals surface area (Å²) in [4.78, 5) is 4.51. The molecule has 0 saturated heterocycles. The number of nitrogen functional groups attached to an aromatic ring is 1. The maximum atomic E-state index is 5.71. The Labute approximate surface area is 91.1 Å². The van der Waals surface area contributed by atoms with Gasteiger partial charge < -0.3 is 5.73 Å². The van der Waals surface area contributed by atoms with Crippen molar-refractivity contribution in [3.05, 3.63) is 28.6 Å². The van der Waals surface area contributed by atoms with E-state index < -0.39 is 0 Å². The molecule has 0 aliphatic rings. The zero-order valence-electron chi connectivity index (χ0n) is 8.16. The molecule has 2 heterocycles. The van der Waals surface area contributed by atoms with E-state index in [9.17, 15) is 0 Å². The minimum atomic E-state index is 0.408. The third kappa shape index (κ3) is 1.39. The lowest BCUT2D eigenvalue weighted by molar-refractivity contribution is 0.826. The fraction of sp³-hybridized carbons (Fsp3) is 0.300. The van der Waals surface area contributed by atoms with Gasteiger partial charge in [-0.3, -0.25) is 4.40 Å². The second-order valence-electron chi connectivity index (χ2n) is 3.63. The van der Waals surface area contributed by atoms with E-state index in [-0.39, 0.29) is 0 Å². The van der Waals surface area contributed by atoms with Crippen LogP contribution in [0.1, 0.15) is 25.5 Å². The minimum Gasteiger partial charge on any atom is -0.398 e. The Morgan fingerprint density at radius 2 is 2.14 bits per heavy atom. The van der Waals surface area contributed by atoms with Crippen LogP contribution in [0.25, 0.3) is 5.65 Å². The summed E-state index contributed by atoms with van der Waals surface area (Å²) < 4.78 is 2.96. The summed E-state index contributed by atoms with van der Waals surface area (Å²) in [5.41, 5.74) is 8.44. The van der Waals surface area contributed by atoms with Gasteiger partial charge in [-0.2, -0.15) is 0 Å². The molecule has 74 valence electrons. The van der Waals surface area contributed by atoms with Crippen LogP contribution < -0.4 is 5.73 Å². The summed E-state index contributed by atoms with van der Waals surface area (Å²) in [5, 5.41) is 0. The number of anilines is 1. The Hall–Kier alpha value is -1.03. The summed E-state index contributed by atoms with van der Waals surface area (Å²) in [6, 6.07) is 3.78. The van der Waals surface area contributed by atoms with Crippen molar-refractivity contribution in [2.75, 3.05) is 5.73 Å². The number of halogens is 1. The molecule has 0 aromatic carbocycles. The van der Waals surface area contributed by atoms with Crippen LogP contribution >= 0.6 is 15.9 Å². The van der Waals surface area contributed by atoms with E-state index in [0.717, 1.165) is 21.6 Å². The molecule has 0 radical (unpaired) electrons. The van der Waals surface area contributed by atoms with Crippen molar-refractivity contribution >= 4 is 27.3 Å². The Morgan fingerprint density at radius 1 is 1.43 bits per heavy atom. The monoisotopic (exact) mass is 253 g/mol. The lowest BCUT2D eigenvalue weighted by Gasteiger charge is -2.00. The summed E-state index contributed by atoms with van der Waals surface area (Å²) in [6.07, 6.45) is 1.87. The van der Waals surface area contributed by atoms with E-state index in [1.807, 2.05) is 22.7 Å². The van der Waals surface area contributed by atoms with E-state index >= 15 is 0 Å². The number of aromatic nitrogens is 2. The van der Waals surface area contributed by atoms with E-state index in [1.165, 1.54) is 0 Å². The molecule has 2 N–H and O–H groups in total. The molecule has 0 amide bonds. The zero-order valence-corrected chi connectivity index (χ0v) is 9.75. The molecule has 0 atom stereocenters. The maximum absolute atomic E-state index is 5.71. The smallest absolute Gasteiger partial charge is 0.138 e. The van der Waals surface area contributed by atoms with Gasteiger partial charge in [0, 0.05) is 11.9 Å². The van der Waals surface area contributed by atoms with Crippen LogP contribution in [0.15, 0.2) is 22.9 Å². The van der Waals surface area contributed by atoms with Gasteiger partial charge >= 0.3 is 0 Å². The van der Waals surface area contributed by atoms with Crippen molar-refractivity contribution in [3.8, 4) is 0 Å². The number of imidazole rings is 1. The Kier molecular flexibility index (Phi) is 2.23. The van der Waals surface area contributed by atoms with Crippen LogP contribution in [0.4, 0.5) is 5.69 Å². The van der Waals surface area contributed by atoms with Gasteiger partial charge in [-0.15, -0.1) is 0 Å². The fourth-order valence-electron chi connectivity index (χ4n) is 1.42. The van der Waals surface area contributed by atoms with E-state index in [4.69, 9.17) is 5.73 Å². The highest BCUT2D eigenvalue weighted by Crippen LogP contribution is 2.25. The fourth-order valence-corrected chi connectivity index (χ4v) is 2.25. The number of hydrogen-bond acceptors (Lipinski definition) is 2. The predicted octanol–water partition coefficient (Wildman–Crippen LogP) is 2.80. The van der Waals surface area contributed by atoms with Gasteiger partial charge in [0.05, 0.1) is 5.69 Å². The van der Waals surface area contributed by atoms with Crippen molar-refractivity contribution in [1.29, 1.82) is 0 Å². The molecule has 2 rings (SSSR count). The largest absolute Gasteiger partial charge is 0.398 e. The van der Waals surface area contributed by atoms with Gasteiger partial charge in [-0.1, -0.05) is 13.8 Å². The molecule has 0 aliphatic carbocycles. The molecule has 0 fully saturated rings. The van der Waals surface area contributed by atoms with Gasteiger partial charge in [-0.05, 0) is 34.0 Å². The number of rotatable bonds is 1. The van der Waals surface area contributed by atoms with Crippen LogP contribution in [-0.4, -0.2) is 9.38 Å². The quantitative estimate of drug-likeness (QED) is 0.850. The van der Waals surface area contributed by atoms with Gasteiger partial charge in [0.15, 0.2) is 0 Å². The molecule has 2 aromatic heterocycles. The highest BCUT2D eigenvalue weighted by Gasteiger charge is 2.12. The van der Waals surface area contributed by atoms with Crippen molar-refractivity contribution in [2.24, 2.45) is 0 Å².